The van der Waals surface area contributed by atoms with Crippen molar-refractivity contribution in [2.45, 2.75) is 17.7 Å². The smallest absolute Gasteiger partial charge is 0.285 e. The second-order valence-corrected chi connectivity index (χ2v) is 8.44. The summed E-state index contributed by atoms with van der Waals surface area (Å²) in [5.41, 5.74) is 1.34. The fraction of sp³-hybridized carbons (Fsp3) is 0.300. The number of benzene rings is 2. The van der Waals surface area contributed by atoms with Crippen molar-refractivity contribution in [3.8, 4) is 5.75 Å². The van der Waals surface area contributed by atoms with Crippen molar-refractivity contribution in [3.63, 3.8) is 0 Å². The average molecular weight is 399 g/mol. The summed E-state index contributed by atoms with van der Waals surface area (Å²) in [6, 6.07) is 14.1. The van der Waals surface area contributed by atoms with E-state index in [0.29, 0.717) is 48.8 Å². The van der Waals surface area contributed by atoms with Crippen molar-refractivity contribution < 1.29 is 17.9 Å². The third-order valence-corrected chi connectivity index (χ3v) is 6.44. The van der Waals surface area contributed by atoms with Gasteiger partial charge in [0.1, 0.15) is 10.6 Å². The molecule has 0 radical (unpaired) electrons. The maximum Gasteiger partial charge on any atom is 0.285 e. The Morgan fingerprint density at radius 2 is 1.89 bits per heavy atom. The Bertz CT molecular complexity index is 1040. The van der Waals surface area contributed by atoms with Crippen LogP contribution >= 0.6 is 0 Å². The summed E-state index contributed by atoms with van der Waals surface area (Å²) in [5.74, 6) is 1.01. The van der Waals surface area contributed by atoms with E-state index in [9.17, 15) is 13.2 Å². The predicted octanol–water partition coefficient (Wildman–Crippen LogP) is 2.49. The molecule has 2 aliphatic heterocycles. The minimum Gasteiger partial charge on any atom is -0.497 e. The van der Waals surface area contributed by atoms with Crippen LogP contribution in [0, 0.1) is 5.92 Å². The Morgan fingerprint density at radius 3 is 2.64 bits per heavy atom. The van der Waals surface area contributed by atoms with Gasteiger partial charge in [0.25, 0.3) is 10.0 Å². The number of anilines is 1. The molecule has 4 rings (SSSR count). The largest absolute Gasteiger partial charge is 0.497 e. The number of methoxy groups -OCH3 is 1. The number of nitrogens with zero attached hydrogens (tertiary/aromatic N) is 2. The third kappa shape index (κ3) is 3.47. The van der Waals surface area contributed by atoms with Crippen LogP contribution in [0.1, 0.15) is 18.4 Å². The van der Waals surface area contributed by atoms with E-state index in [0.717, 1.165) is 0 Å². The lowest BCUT2D eigenvalue weighted by Gasteiger charge is -2.32. The predicted molar refractivity (Wildman–Crippen MR) is 106 cm³/mol. The normalized spacial score (nSPS) is 18.3. The number of piperidine rings is 1. The highest BCUT2D eigenvalue weighted by Gasteiger charge is 2.34. The van der Waals surface area contributed by atoms with Gasteiger partial charge in [0.05, 0.1) is 7.11 Å². The first-order valence-electron chi connectivity index (χ1n) is 9.12. The summed E-state index contributed by atoms with van der Waals surface area (Å²) in [7, 11) is -2.04. The molecule has 0 atom stereocenters. The number of carbonyl (C=O) groups is 1. The van der Waals surface area contributed by atoms with E-state index >= 15 is 0 Å². The second kappa shape index (κ2) is 7.27. The minimum absolute atomic E-state index is 0.0331. The number of amidine groups is 1. The standard InChI is InChI=1S/C20H21N3O4S/c1-27-16-6-4-5-15(13-16)21-20(24)14-9-11-23(12-10-14)19-17-7-2-3-8-18(17)28(25,26)22-19/h2-8,13-14H,9-12H2,1H3,(H,21,24). The molecule has 2 aromatic rings. The minimum atomic E-state index is -3.63. The number of nitrogens with one attached hydrogen (secondary N) is 1. The van der Waals surface area contributed by atoms with Crippen LogP contribution in [0.5, 0.6) is 5.75 Å². The summed E-state index contributed by atoms with van der Waals surface area (Å²) in [5, 5.41) is 2.94. The molecule has 1 N–H and O–H groups in total. The monoisotopic (exact) mass is 399 g/mol. The second-order valence-electron chi connectivity index (χ2n) is 6.87. The van der Waals surface area contributed by atoms with Gasteiger partial charge in [-0.1, -0.05) is 18.2 Å². The molecule has 1 saturated heterocycles. The van der Waals surface area contributed by atoms with Gasteiger partial charge in [0.15, 0.2) is 5.84 Å². The SMILES string of the molecule is COc1cccc(NC(=O)C2CCN(C3=NS(=O)(=O)c4ccccc43)CC2)c1. The van der Waals surface area contributed by atoms with Gasteiger partial charge in [0, 0.05) is 36.3 Å². The molecule has 1 fully saturated rings. The van der Waals surface area contributed by atoms with Crippen molar-refractivity contribution in [1.82, 2.24) is 4.90 Å². The Kier molecular flexibility index (Phi) is 4.80. The van der Waals surface area contributed by atoms with Crippen LogP contribution in [0.15, 0.2) is 57.8 Å². The number of sulfonamides is 1. The maximum absolute atomic E-state index is 12.6. The molecule has 8 heteroatoms. The van der Waals surface area contributed by atoms with Crippen LogP contribution in [0.25, 0.3) is 0 Å². The highest BCUT2D eigenvalue weighted by Crippen LogP contribution is 2.30. The van der Waals surface area contributed by atoms with Crippen LogP contribution in [0.3, 0.4) is 0 Å². The fourth-order valence-corrected chi connectivity index (χ4v) is 4.84. The van der Waals surface area contributed by atoms with Crippen molar-refractivity contribution in [1.29, 1.82) is 0 Å². The molecular weight excluding hydrogens is 378 g/mol. The lowest BCUT2D eigenvalue weighted by Crippen LogP contribution is -2.41. The van der Waals surface area contributed by atoms with Gasteiger partial charge in [-0.25, -0.2) is 0 Å². The van der Waals surface area contributed by atoms with Gasteiger partial charge >= 0.3 is 0 Å². The molecule has 28 heavy (non-hydrogen) atoms. The van der Waals surface area contributed by atoms with Gasteiger partial charge in [-0.2, -0.15) is 8.42 Å². The lowest BCUT2D eigenvalue weighted by molar-refractivity contribution is -0.120. The molecule has 1 amide bonds. The number of rotatable bonds is 3. The number of carbonyl (C=O) groups excluding carboxylic acids is 1. The van der Waals surface area contributed by atoms with Gasteiger partial charge in [-0.3, -0.25) is 4.79 Å². The van der Waals surface area contributed by atoms with Crippen molar-refractivity contribution in [2.24, 2.45) is 10.3 Å². The molecular formula is C20H21N3O4S. The number of fused-ring (bicyclic) bond motifs is 1. The first-order valence-corrected chi connectivity index (χ1v) is 10.6. The maximum atomic E-state index is 12.6. The van der Waals surface area contributed by atoms with Crippen LogP contribution in [-0.2, 0) is 14.8 Å². The summed E-state index contributed by atoms with van der Waals surface area (Å²) >= 11 is 0. The first kappa shape index (κ1) is 18.5. The molecule has 2 aliphatic rings. The number of amides is 1. The highest BCUT2D eigenvalue weighted by atomic mass is 32.2. The number of likely N-dealkylation sites (tertiary alicyclic amines) is 1. The molecule has 146 valence electrons. The zero-order valence-corrected chi connectivity index (χ0v) is 16.3. The quantitative estimate of drug-likeness (QED) is 0.857. The van der Waals surface area contributed by atoms with Crippen LogP contribution in [-0.4, -0.2) is 45.3 Å². The fourth-order valence-electron chi connectivity index (χ4n) is 3.62. The van der Waals surface area contributed by atoms with Gasteiger partial charge < -0.3 is 15.0 Å². The molecule has 7 nitrogen and oxygen atoms in total. The average Bonchev–Trinajstić information content (AvgIpc) is 2.99. The topological polar surface area (TPSA) is 88.1 Å². The van der Waals surface area contributed by atoms with E-state index in [-0.39, 0.29) is 16.7 Å². The Hall–Kier alpha value is -2.87. The van der Waals surface area contributed by atoms with Crippen molar-refractivity contribution in [3.05, 3.63) is 54.1 Å². The van der Waals surface area contributed by atoms with Crippen molar-refractivity contribution in [2.75, 3.05) is 25.5 Å². The van der Waals surface area contributed by atoms with E-state index in [2.05, 4.69) is 9.71 Å². The lowest BCUT2D eigenvalue weighted by atomic mass is 9.95. The molecule has 0 aliphatic carbocycles. The molecule has 0 unspecified atom stereocenters. The summed E-state index contributed by atoms with van der Waals surface area (Å²) in [4.78, 5) is 14.8. The summed E-state index contributed by atoms with van der Waals surface area (Å²) in [6.45, 7) is 1.16. The van der Waals surface area contributed by atoms with Crippen LogP contribution < -0.4 is 10.1 Å². The summed E-state index contributed by atoms with van der Waals surface area (Å²) < 4.78 is 33.6. The van der Waals surface area contributed by atoms with Gasteiger partial charge in [-0.05, 0) is 37.1 Å². The summed E-state index contributed by atoms with van der Waals surface area (Å²) in [6.07, 6.45) is 1.27. The Labute approximate surface area is 164 Å². The van der Waals surface area contributed by atoms with Gasteiger partial charge in [-0.15, -0.1) is 4.40 Å². The van der Waals surface area contributed by atoms with E-state index < -0.39 is 10.0 Å². The molecule has 2 heterocycles. The third-order valence-electron chi connectivity index (χ3n) is 5.12. The van der Waals surface area contributed by atoms with E-state index in [1.54, 1.807) is 31.4 Å². The molecule has 2 aromatic carbocycles. The molecule has 0 spiro atoms. The Balaban J connectivity index is 1.42. The molecule has 0 saturated carbocycles. The Morgan fingerprint density at radius 1 is 1.14 bits per heavy atom. The number of hydrogen-bond acceptors (Lipinski definition) is 5. The first-order chi connectivity index (χ1) is 13.5. The molecule has 0 aromatic heterocycles. The van der Waals surface area contributed by atoms with E-state index in [1.807, 2.05) is 29.2 Å². The van der Waals surface area contributed by atoms with Crippen LogP contribution in [0.4, 0.5) is 5.69 Å². The molecule has 0 bridgehead atoms. The number of hydrogen-bond donors (Lipinski definition) is 1. The van der Waals surface area contributed by atoms with E-state index in [1.165, 1.54) is 0 Å². The number of ether oxygens (including phenoxy) is 1. The highest BCUT2D eigenvalue weighted by molar-refractivity contribution is 7.90. The van der Waals surface area contributed by atoms with Crippen molar-refractivity contribution >= 4 is 27.5 Å². The van der Waals surface area contributed by atoms with Crippen LogP contribution in [0.2, 0.25) is 0 Å². The van der Waals surface area contributed by atoms with Gasteiger partial charge in [0.2, 0.25) is 5.91 Å². The van der Waals surface area contributed by atoms with E-state index in [4.69, 9.17) is 4.74 Å². The zero-order chi connectivity index (χ0) is 19.7. The zero-order valence-electron chi connectivity index (χ0n) is 15.5.